The van der Waals surface area contributed by atoms with Crippen LogP contribution in [0, 0.1) is 6.92 Å². The van der Waals surface area contributed by atoms with Gasteiger partial charge in [0.25, 0.3) is 5.91 Å². The van der Waals surface area contributed by atoms with Crippen molar-refractivity contribution in [3.63, 3.8) is 0 Å². The fourth-order valence-corrected chi connectivity index (χ4v) is 3.94. The molecule has 0 atom stereocenters. The number of hydrogen-bond donors (Lipinski definition) is 1. The number of nitrogens with zero attached hydrogens (tertiary/aromatic N) is 4. The summed E-state index contributed by atoms with van der Waals surface area (Å²) in [6.45, 7) is 9.06. The zero-order valence-electron chi connectivity index (χ0n) is 20.0. The van der Waals surface area contributed by atoms with E-state index < -0.39 is 0 Å². The van der Waals surface area contributed by atoms with E-state index in [1.807, 2.05) is 25.1 Å². The van der Waals surface area contributed by atoms with E-state index in [-0.39, 0.29) is 23.7 Å². The minimum atomic E-state index is -0.354. The van der Waals surface area contributed by atoms with Crippen LogP contribution in [0.2, 0.25) is 10.0 Å². The average Bonchev–Trinajstić information content (AvgIpc) is 3.40. The van der Waals surface area contributed by atoms with Crippen LogP contribution in [0.5, 0.6) is 5.75 Å². The van der Waals surface area contributed by atoms with Crippen molar-refractivity contribution in [3.8, 4) is 5.75 Å². The number of carbonyl (C=O) groups excluding carboxylic acids is 1. The largest absolute Gasteiger partial charge is 0.471 e. The number of aromatic nitrogens is 4. The number of anilines is 1. The van der Waals surface area contributed by atoms with Crippen molar-refractivity contribution in [2.24, 2.45) is 0 Å². The number of rotatable bonds is 7. The Hall–Kier alpha value is -3.29. The van der Waals surface area contributed by atoms with Gasteiger partial charge in [-0.05, 0) is 53.8 Å². The van der Waals surface area contributed by atoms with Gasteiger partial charge in [-0.2, -0.15) is 10.2 Å². The third kappa shape index (κ3) is 6.24. The van der Waals surface area contributed by atoms with Crippen LogP contribution >= 0.6 is 23.2 Å². The smallest absolute Gasteiger partial charge is 0.277 e. The van der Waals surface area contributed by atoms with E-state index in [4.69, 9.17) is 27.9 Å². The van der Waals surface area contributed by atoms with Gasteiger partial charge >= 0.3 is 0 Å². The number of amides is 1. The molecule has 1 amide bonds. The van der Waals surface area contributed by atoms with E-state index in [1.54, 1.807) is 39.8 Å². The highest BCUT2D eigenvalue weighted by Gasteiger charge is 2.15. The number of halogens is 2. The molecular formula is C26H27Cl2N5O2. The zero-order chi connectivity index (χ0) is 25.2. The molecule has 1 N–H and O–H groups in total. The number of aryl methyl sites for hydroxylation is 1. The van der Waals surface area contributed by atoms with E-state index in [0.717, 1.165) is 17.0 Å². The highest BCUT2D eigenvalue weighted by atomic mass is 35.5. The summed E-state index contributed by atoms with van der Waals surface area (Å²) in [6.07, 6.45) is 1.70. The van der Waals surface area contributed by atoms with Crippen LogP contribution in [0.15, 0.2) is 60.8 Å². The summed E-state index contributed by atoms with van der Waals surface area (Å²) in [4.78, 5) is 12.7. The van der Waals surface area contributed by atoms with Gasteiger partial charge in [0.1, 0.15) is 5.75 Å². The predicted molar refractivity (Wildman–Crippen MR) is 138 cm³/mol. The quantitative estimate of drug-likeness (QED) is 0.314. The third-order valence-corrected chi connectivity index (χ3v) is 6.10. The molecule has 0 bridgehead atoms. The maximum Gasteiger partial charge on any atom is 0.277 e. The Bertz CT molecular complexity index is 1340. The molecular weight excluding hydrogens is 485 g/mol. The van der Waals surface area contributed by atoms with E-state index in [2.05, 4.69) is 48.4 Å². The Kier molecular flexibility index (Phi) is 7.19. The Balaban J connectivity index is 1.35. The highest BCUT2D eigenvalue weighted by molar-refractivity contribution is 6.35. The average molecular weight is 512 g/mol. The van der Waals surface area contributed by atoms with E-state index in [0.29, 0.717) is 22.4 Å². The van der Waals surface area contributed by atoms with Gasteiger partial charge in [-0.15, -0.1) is 0 Å². The summed E-state index contributed by atoms with van der Waals surface area (Å²) in [5.41, 5.74) is 3.34. The summed E-state index contributed by atoms with van der Waals surface area (Å²) in [6, 6.07) is 16.8. The van der Waals surface area contributed by atoms with Crippen LogP contribution in [0.4, 0.5) is 5.82 Å². The predicted octanol–water partition coefficient (Wildman–Crippen LogP) is 6.33. The Morgan fingerprint density at radius 1 is 1.03 bits per heavy atom. The van der Waals surface area contributed by atoms with Crippen LogP contribution in [0.1, 0.15) is 48.1 Å². The lowest BCUT2D eigenvalue weighted by molar-refractivity contribution is 0.101. The van der Waals surface area contributed by atoms with Crippen molar-refractivity contribution >= 4 is 34.9 Å². The summed E-state index contributed by atoms with van der Waals surface area (Å²) < 4.78 is 9.13. The second-order valence-electron chi connectivity index (χ2n) is 9.31. The molecule has 0 radical (unpaired) electrons. The molecule has 0 aliphatic rings. The summed E-state index contributed by atoms with van der Waals surface area (Å²) >= 11 is 12.3. The third-order valence-electron chi connectivity index (χ3n) is 5.52. The molecule has 0 fully saturated rings. The van der Waals surface area contributed by atoms with Crippen molar-refractivity contribution < 1.29 is 9.53 Å². The molecule has 0 aliphatic heterocycles. The van der Waals surface area contributed by atoms with Crippen molar-refractivity contribution in [2.45, 2.75) is 46.4 Å². The number of carbonyl (C=O) groups is 1. The second kappa shape index (κ2) is 10.1. The standard InChI is InChI=1S/C26H27Cl2N5O2/c1-17-13-24(31-33(17)15-18-5-8-20(27)14-22(18)28)29-25(34)23-11-12-32(30-23)16-35-21-9-6-19(7-10-21)26(2,3)4/h5-14H,15-16H2,1-4H3,(H,29,31,34). The van der Waals surface area contributed by atoms with Crippen molar-refractivity contribution in [1.82, 2.24) is 19.6 Å². The van der Waals surface area contributed by atoms with E-state index in [9.17, 15) is 4.79 Å². The first-order chi connectivity index (χ1) is 16.6. The van der Waals surface area contributed by atoms with Crippen LogP contribution in [-0.2, 0) is 18.7 Å². The second-order valence-corrected chi connectivity index (χ2v) is 10.2. The molecule has 2 aromatic carbocycles. The SMILES string of the molecule is Cc1cc(NC(=O)c2ccn(COc3ccc(C(C)(C)C)cc3)n2)nn1Cc1ccc(Cl)cc1Cl. The molecule has 2 aromatic heterocycles. The minimum absolute atomic E-state index is 0.0834. The zero-order valence-corrected chi connectivity index (χ0v) is 21.6. The van der Waals surface area contributed by atoms with E-state index in [1.165, 1.54) is 5.56 Å². The molecule has 7 nitrogen and oxygen atoms in total. The fraction of sp³-hybridized carbons (Fsp3) is 0.269. The monoisotopic (exact) mass is 511 g/mol. The molecule has 35 heavy (non-hydrogen) atoms. The van der Waals surface area contributed by atoms with Crippen LogP contribution in [0.3, 0.4) is 0 Å². The Morgan fingerprint density at radius 2 is 1.77 bits per heavy atom. The number of benzene rings is 2. The first-order valence-electron chi connectivity index (χ1n) is 11.1. The molecule has 0 saturated heterocycles. The van der Waals surface area contributed by atoms with Gasteiger partial charge in [-0.25, -0.2) is 4.68 Å². The van der Waals surface area contributed by atoms with Gasteiger partial charge in [0.05, 0.1) is 6.54 Å². The summed E-state index contributed by atoms with van der Waals surface area (Å²) in [7, 11) is 0. The van der Waals surface area contributed by atoms with Crippen LogP contribution in [0.25, 0.3) is 0 Å². The van der Waals surface area contributed by atoms with Crippen LogP contribution in [-0.4, -0.2) is 25.5 Å². The lowest BCUT2D eigenvalue weighted by Crippen LogP contribution is -2.15. The molecule has 4 aromatic rings. The summed E-state index contributed by atoms with van der Waals surface area (Å²) in [5, 5.41) is 12.7. The molecule has 0 aliphatic carbocycles. The first-order valence-corrected chi connectivity index (χ1v) is 11.9. The first kappa shape index (κ1) is 24.8. The number of ether oxygens (including phenoxy) is 1. The summed E-state index contributed by atoms with van der Waals surface area (Å²) in [5.74, 6) is 0.816. The van der Waals surface area contributed by atoms with Crippen LogP contribution < -0.4 is 10.1 Å². The number of hydrogen-bond acceptors (Lipinski definition) is 4. The normalized spacial score (nSPS) is 11.5. The lowest BCUT2D eigenvalue weighted by atomic mass is 9.87. The molecule has 0 spiro atoms. The molecule has 0 saturated carbocycles. The molecule has 2 heterocycles. The molecule has 0 unspecified atom stereocenters. The number of nitrogens with one attached hydrogen (secondary N) is 1. The highest BCUT2D eigenvalue weighted by Crippen LogP contribution is 2.25. The molecule has 4 rings (SSSR count). The van der Waals surface area contributed by atoms with Gasteiger partial charge in [-0.1, -0.05) is 62.2 Å². The maximum absolute atomic E-state index is 12.7. The molecule has 182 valence electrons. The Morgan fingerprint density at radius 3 is 2.46 bits per heavy atom. The van der Waals surface area contributed by atoms with Crippen molar-refractivity contribution in [3.05, 3.63) is 93.4 Å². The lowest BCUT2D eigenvalue weighted by Gasteiger charge is -2.19. The van der Waals surface area contributed by atoms with Gasteiger partial charge in [0.15, 0.2) is 18.2 Å². The van der Waals surface area contributed by atoms with Crippen molar-refractivity contribution in [2.75, 3.05) is 5.32 Å². The maximum atomic E-state index is 12.7. The Labute approximate surface area is 214 Å². The van der Waals surface area contributed by atoms with E-state index >= 15 is 0 Å². The van der Waals surface area contributed by atoms with Gasteiger partial charge in [0.2, 0.25) is 0 Å². The van der Waals surface area contributed by atoms with Gasteiger partial charge < -0.3 is 10.1 Å². The minimum Gasteiger partial charge on any atom is -0.471 e. The molecule has 9 heteroatoms. The van der Waals surface area contributed by atoms with Gasteiger partial charge in [-0.3, -0.25) is 9.48 Å². The van der Waals surface area contributed by atoms with Crippen molar-refractivity contribution in [1.29, 1.82) is 0 Å². The topological polar surface area (TPSA) is 74.0 Å². The van der Waals surface area contributed by atoms with Gasteiger partial charge in [0, 0.05) is 28.0 Å². The fourth-order valence-electron chi connectivity index (χ4n) is 3.47.